The lowest BCUT2D eigenvalue weighted by Gasteiger charge is -2.43. The quantitative estimate of drug-likeness (QED) is 0.178. The van der Waals surface area contributed by atoms with Crippen LogP contribution in [0.25, 0.3) is 0 Å². The van der Waals surface area contributed by atoms with E-state index in [-0.39, 0.29) is 6.61 Å². The van der Waals surface area contributed by atoms with Gasteiger partial charge in [0.05, 0.1) is 0 Å². The van der Waals surface area contributed by atoms with E-state index in [0.29, 0.717) is 0 Å². The van der Waals surface area contributed by atoms with Crippen LogP contribution < -0.4 is 0 Å². The summed E-state index contributed by atoms with van der Waals surface area (Å²) >= 11 is 0. The second kappa shape index (κ2) is 14.6. The number of rotatable bonds is 12. The third-order valence-corrected chi connectivity index (χ3v) is 6.83. The molecule has 0 spiro atoms. The van der Waals surface area contributed by atoms with Crippen molar-refractivity contribution in [1.82, 2.24) is 0 Å². The first-order valence-electron chi connectivity index (χ1n) is 10.2. The first-order valence-corrected chi connectivity index (χ1v) is 12.6. The predicted molar refractivity (Wildman–Crippen MR) is 116 cm³/mol. The largest absolute Gasteiger partial charge is 0.463 e. The molecule has 0 amide bonds. The molecule has 0 aromatic rings. The smallest absolute Gasteiger partial charge is 0.303 e. The molecule has 1 aliphatic heterocycles. The Morgan fingerprint density at radius 1 is 0.774 bits per heavy atom. The van der Waals surface area contributed by atoms with Crippen molar-refractivity contribution in [3.8, 4) is 0 Å². The lowest BCUT2D eigenvalue weighted by Crippen LogP contribution is -2.61. The lowest BCUT2D eigenvalue weighted by atomic mass is 9.99. The van der Waals surface area contributed by atoms with Gasteiger partial charge >= 0.3 is 23.9 Å². The zero-order valence-corrected chi connectivity index (χ0v) is 20.3. The summed E-state index contributed by atoms with van der Waals surface area (Å²) in [4.78, 5) is 46.5. The molecule has 0 radical (unpaired) electrons. The van der Waals surface area contributed by atoms with Gasteiger partial charge in [0.1, 0.15) is 12.7 Å². The van der Waals surface area contributed by atoms with E-state index in [4.69, 9.17) is 23.7 Å². The summed E-state index contributed by atoms with van der Waals surface area (Å²) in [6, 6.07) is 0. The molecule has 0 bridgehead atoms. The molecule has 1 fully saturated rings. The van der Waals surface area contributed by atoms with Crippen molar-refractivity contribution < 1.29 is 42.9 Å². The van der Waals surface area contributed by atoms with Crippen molar-refractivity contribution in [2.75, 3.05) is 12.4 Å². The molecular formula is C20H32O9S2. The van der Waals surface area contributed by atoms with Gasteiger partial charge in [0, 0.05) is 33.4 Å². The first-order chi connectivity index (χ1) is 14.6. The van der Waals surface area contributed by atoms with Crippen LogP contribution in [0.2, 0.25) is 0 Å². The van der Waals surface area contributed by atoms with Gasteiger partial charge in [-0.2, -0.15) is 0 Å². The molecule has 9 nitrogen and oxygen atoms in total. The molecule has 0 unspecified atom stereocenters. The molecule has 178 valence electrons. The van der Waals surface area contributed by atoms with Gasteiger partial charge in [-0.15, -0.1) is 0 Å². The second-order valence-electron chi connectivity index (χ2n) is 7.05. The van der Waals surface area contributed by atoms with E-state index in [1.165, 1.54) is 38.5 Å². The number of hydrogen-bond donors (Lipinski definition) is 0. The van der Waals surface area contributed by atoms with Crippen molar-refractivity contribution in [3.63, 3.8) is 0 Å². The summed E-state index contributed by atoms with van der Waals surface area (Å²) < 4.78 is 27.3. The third kappa shape index (κ3) is 10.6. The van der Waals surface area contributed by atoms with Crippen LogP contribution in [0.15, 0.2) is 0 Å². The number of hydrogen-bond acceptors (Lipinski definition) is 11. The fourth-order valence-electron chi connectivity index (χ4n) is 2.97. The van der Waals surface area contributed by atoms with E-state index in [1.54, 1.807) is 10.8 Å². The van der Waals surface area contributed by atoms with E-state index >= 15 is 0 Å². The molecule has 0 aromatic carbocycles. The highest BCUT2D eigenvalue weighted by atomic mass is 33.1. The SMILES string of the molecule is CCCCCCSS[C@@H]1O[C@H](COC(C)=O)[C@@H](OC(C)=O)[C@H](OC(C)=O)[C@H]1OC(C)=O. The molecule has 0 aromatic heterocycles. The highest BCUT2D eigenvalue weighted by Gasteiger charge is 2.52. The van der Waals surface area contributed by atoms with Crippen LogP contribution in [0, 0.1) is 0 Å². The monoisotopic (exact) mass is 480 g/mol. The highest BCUT2D eigenvalue weighted by molar-refractivity contribution is 8.76. The molecule has 5 atom stereocenters. The average molecular weight is 481 g/mol. The summed E-state index contributed by atoms with van der Waals surface area (Å²) in [6.45, 7) is 6.80. The molecule has 31 heavy (non-hydrogen) atoms. The number of esters is 4. The Bertz CT molecular complexity index is 613. The van der Waals surface area contributed by atoms with Gasteiger partial charge in [-0.3, -0.25) is 19.2 Å². The van der Waals surface area contributed by atoms with Crippen molar-refractivity contribution in [2.45, 2.75) is 90.2 Å². The van der Waals surface area contributed by atoms with Crippen LogP contribution >= 0.6 is 21.6 Å². The van der Waals surface area contributed by atoms with E-state index < -0.39 is 53.7 Å². The number of carbonyl (C=O) groups is 4. The van der Waals surface area contributed by atoms with Crippen LogP contribution in [0.3, 0.4) is 0 Å². The molecule has 0 saturated carbocycles. The van der Waals surface area contributed by atoms with E-state index in [2.05, 4.69) is 6.92 Å². The van der Waals surface area contributed by atoms with Crippen LogP contribution in [0.1, 0.15) is 60.3 Å². The molecule has 1 rings (SSSR count). The molecule has 0 N–H and O–H groups in total. The minimum atomic E-state index is -1.11. The van der Waals surface area contributed by atoms with Gasteiger partial charge < -0.3 is 23.7 Å². The predicted octanol–water partition coefficient (Wildman–Crippen LogP) is 3.03. The Kier molecular flexibility index (Phi) is 13.0. The second-order valence-corrected chi connectivity index (χ2v) is 9.63. The summed E-state index contributed by atoms with van der Waals surface area (Å²) in [5, 5.41) is 0. The zero-order valence-electron chi connectivity index (χ0n) is 18.6. The van der Waals surface area contributed by atoms with Crippen LogP contribution in [-0.4, -0.2) is 66.1 Å². The minimum absolute atomic E-state index is 0.212. The van der Waals surface area contributed by atoms with Gasteiger partial charge in [-0.1, -0.05) is 47.8 Å². The van der Waals surface area contributed by atoms with E-state index in [0.717, 1.165) is 31.4 Å². The Hall–Kier alpha value is -1.46. The molecule has 1 heterocycles. The Morgan fingerprint density at radius 2 is 1.35 bits per heavy atom. The first kappa shape index (κ1) is 27.6. The Balaban J connectivity index is 3.07. The number of carbonyl (C=O) groups excluding carboxylic acids is 4. The maximum atomic E-state index is 11.8. The fourth-order valence-corrected chi connectivity index (χ4v) is 5.54. The molecule has 1 aliphatic rings. The zero-order chi connectivity index (χ0) is 23.4. The molecule has 1 saturated heterocycles. The molecule has 0 aliphatic carbocycles. The normalized spacial score (nSPS) is 25.4. The summed E-state index contributed by atoms with van der Waals surface area (Å²) in [6.07, 6.45) is 0.296. The van der Waals surface area contributed by atoms with E-state index in [1.807, 2.05) is 0 Å². The highest BCUT2D eigenvalue weighted by Crippen LogP contribution is 2.39. The number of unbranched alkanes of at least 4 members (excludes halogenated alkanes) is 3. The summed E-state index contributed by atoms with van der Waals surface area (Å²) in [5.74, 6) is -1.55. The maximum Gasteiger partial charge on any atom is 0.303 e. The van der Waals surface area contributed by atoms with Crippen LogP contribution in [0.5, 0.6) is 0 Å². The van der Waals surface area contributed by atoms with Gasteiger partial charge in [-0.25, -0.2) is 0 Å². The Labute approximate surface area is 191 Å². The summed E-state index contributed by atoms with van der Waals surface area (Å²) in [5.41, 5.74) is -0.725. The fraction of sp³-hybridized carbons (Fsp3) is 0.800. The summed E-state index contributed by atoms with van der Waals surface area (Å²) in [7, 11) is 2.89. The van der Waals surface area contributed by atoms with Gasteiger partial charge in [0.25, 0.3) is 0 Å². The van der Waals surface area contributed by atoms with Crippen molar-refractivity contribution in [1.29, 1.82) is 0 Å². The van der Waals surface area contributed by atoms with Crippen LogP contribution in [-0.2, 0) is 42.9 Å². The van der Waals surface area contributed by atoms with Gasteiger partial charge in [-0.05, 0) is 6.42 Å². The van der Waals surface area contributed by atoms with Crippen molar-refractivity contribution in [3.05, 3.63) is 0 Å². The van der Waals surface area contributed by atoms with Crippen molar-refractivity contribution in [2.24, 2.45) is 0 Å². The topological polar surface area (TPSA) is 114 Å². The van der Waals surface area contributed by atoms with Gasteiger partial charge in [0.2, 0.25) is 0 Å². The minimum Gasteiger partial charge on any atom is -0.463 e. The van der Waals surface area contributed by atoms with Gasteiger partial charge in [0.15, 0.2) is 23.7 Å². The Morgan fingerprint density at radius 3 is 1.90 bits per heavy atom. The third-order valence-electron chi connectivity index (χ3n) is 4.19. The maximum absolute atomic E-state index is 11.8. The standard InChI is InChI=1S/C20H32O9S2/c1-6-7-8-9-10-30-31-20-19(28-15(5)24)18(27-14(4)23)17(26-13(3)22)16(29-20)11-25-12(2)21/h16-20H,6-11H2,1-5H3/t16-,17-,18+,19-,20+/m1/s1. The molecular weight excluding hydrogens is 448 g/mol. The van der Waals surface area contributed by atoms with E-state index in [9.17, 15) is 19.2 Å². The average Bonchev–Trinajstić information content (AvgIpc) is 2.66. The van der Waals surface area contributed by atoms with Crippen molar-refractivity contribution >= 4 is 45.5 Å². The number of ether oxygens (including phenoxy) is 5. The molecule has 11 heteroatoms. The van der Waals surface area contributed by atoms with Crippen LogP contribution in [0.4, 0.5) is 0 Å². The lowest BCUT2D eigenvalue weighted by molar-refractivity contribution is -0.237.